The summed E-state index contributed by atoms with van der Waals surface area (Å²) >= 11 is 0. The van der Waals surface area contributed by atoms with E-state index in [0.717, 1.165) is 0 Å². The Balaban J connectivity index is 2.77. The van der Waals surface area contributed by atoms with E-state index in [4.69, 9.17) is 19.3 Å². The number of aliphatic hydroxyl groups excluding tert-OH is 1. The molecule has 0 heterocycles. The molecule has 0 spiro atoms. The van der Waals surface area contributed by atoms with E-state index in [1.165, 1.54) is 26.4 Å². The van der Waals surface area contributed by atoms with Gasteiger partial charge in [-0.3, -0.25) is 4.74 Å². The minimum Gasteiger partial charge on any atom is -0.493 e. The lowest BCUT2D eigenvalue weighted by Crippen LogP contribution is -2.18. The van der Waals surface area contributed by atoms with E-state index in [0.29, 0.717) is 5.56 Å². The van der Waals surface area contributed by atoms with E-state index in [9.17, 15) is 13.2 Å². The number of halogens is 3. The number of ether oxygens (including phenoxy) is 4. The lowest BCUT2D eigenvalue weighted by atomic mass is 10.2. The molecule has 0 aliphatic rings. The zero-order chi connectivity index (χ0) is 15.2. The molecule has 20 heavy (non-hydrogen) atoms. The highest BCUT2D eigenvalue weighted by molar-refractivity contribution is 5.53. The van der Waals surface area contributed by atoms with Crippen molar-refractivity contribution in [3.05, 3.63) is 17.7 Å². The molecule has 1 N–H and O–H groups in total. The molecule has 0 unspecified atom stereocenters. The van der Waals surface area contributed by atoms with Gasteiger partial charge in [0.2, 0.25) is 5.75 Å². The molecular weight excluding hydrogens is 281 g/mol. The summed E-state index contributed by atoms with van der Waals surface area (Å²) in [6.07, 6.45) is -4.70. The Labute approximate surface area is 113 Å². The van der Waals surface area contributed by atoms with Crippen molar-refractivity contribution in [1.29, 1.82) is 0 Å². The van der Waals surface area contributed by atoms with Crippen molar-refractivity contribution in [3.63, 3.8) is 0 Å². The van der Waals surface area contributed by atoms with Crippen LogP contribution in [0, 0.1) is 0 Å². The highest BCUT2D eigenvalue weighted by atomic mass is 19.4. The Morgan fingerprint density at radius 3 is 2.00 bits per heavy atom. The van der Waals surface area contributed by atoms with Crippen LogP contribution in [0.2, 0.25) is 0 Å². The molecule has 1 aromatic rings. The molecule has 0 aliphatic carbocycles. The number of methoxy groups -OCH3 is 2. The van der Waals surface area contributed by atoms with Crippen LogP contribution < -0.4 is 14.2 Å². The smallest absolute Gasteiger partial charge is 0.493 e. The van der Waals surface area contributed by atoms with Crippen LogP contribution in [0.25, 0.3) is 0 Å². The Hall–Kier alpha value is -1.67. The first kappa shape index (κ1) is 16.4. The SMILES string of the molecule is COc1cc(CO)cc(OC)c1OCCOC(F)(F)F. The van der Waals surface area contributed by atoms with E-state index in [-0.39, 0.29) is 30.5 Å². The summed E-state index contributed by atoms with van der Waals surface area (Å²) in [5, 5.41) is 9.08. The Bertz CT molecular complexity index is 409. The molecule has 0 saturated heterocycles. The molecule has 1 rings (SSSR count). The van der Waals surface area contributed by atoms with Gasteiger partial charge >= 0.3 is 6.36 Å². The first-order valence-electron chi connectivity index (χ1n) is 5.60. The lowest BCUT2D eigenvalue weighted by Gasteiger charge is -2.16. The summed E-state index contributed by atoms with van der Waals surface area (Å²) in [6.45, 7) is -1.22. The van der Waals surface area contributed by atoms with Crippen molar-refractivity contribution >= 4 is 0 Å². The van der Waals surface area contributed by atoms with E-state index in [1.54, 1.807) is 0 Å². The van der Waals surface area contributed by atoms with Gasteiger partial charge in [0, 0.05) is 0 Å². The minimum atomic E-state index is -4.70. The average Bonchev–Trinajstić information content (AvgIpc) is 2.41. The zero-order valence-corrected chi connectivity index (χ0v) is 11.0. The van der Waals surface area contributed by atoms with Crippen molar-refractivity contribution in [2.24, 2.45) is 0 Å². The highest BCUT2D eigenvalue weighted by Gasteiger charge is 2.28. The van der Waals surface area contributed by atoms with Gasteiger partial charge in [-0.1, -0.05) is 0 Å². The lowest BCUT2D eigenvalue weighted by molar-refractivity contribution is -0.325. The molecule has 0 saturated carbocycles. The molecule has 0 bridgehead atoms. The third-order valence-corrected chi connectivity index (χ3v) is 2.30. The Kier molecular flexibility index (Phi) is 5.90. The quantitative estimate of drug-likeness (QED) is 0.781. The number of alkyl halides is 3. The largest absolute Gasteiger partial charge is 0.522 e. The van der Waals surface area contributed by atoms with Gasteiger partial charge in [0.1, 0.15) is 6.61 Å². The number of aliphatic hydroxyl groups is 1. The normalized spacial score (nSPS) is 11.3. The number of hydrogen-bond acceptors (Lipinski definition) is 5. The summed E-state index contributed by atoms with van der Waals surface area (Å²) in [7, 11) is 2.74. The maximum atomic E-state index is 11.8. The van der Waals surface area contributed by atoms with Crippen LogP contribution >= 0.6 is 0 Å². The molecule has 0 aromatic heterocycles. The van der Waals surface area contributed by atoms with Crippen LogP contribution in [0.15, 0.2) is 12.1 Å². The monoisotopic (exact) mass is 296 g/mol. The minimum absolute atomic E-state index is 0.151. The van der Waals surface area contributed by atoms with Crippen molar-refractivity contribution in [2.45, 2.75) is 13.0 Å². The fraction of sp³-hybridized carbons (Fsp3) is 0.500. The summed E-state index contributed by atoms with van der Waals surface area (Å²) in [4.78, 5) is 0. The molecule has 0 atom stereocenters. The predicted octanol–water partition coefficient (Wildman–Crippen LogP) is 2.11. The maximum absolute atomic E-state index is 11.8. The van der Waals surface area contributed by atoms with Crippen molar-refractivity contribution in [3.8, 4) is 17.2 Å². The van der Waals surface area contributed by atoms with Crippen LogP contribution in [0.3, 0.4) is 0 Å². The van der Waals surface area contributed by atoms with Gasteiger partial charge in [0.15, 0.2) is 11.5 Å². The van der Waals surface area contributed by atoms with Crippen molar-refractivity contribution in [1.82, 2.24) is 0 Å². The topological polar surface area (TPSA) is 57.2 Å². The van der Waals surface area contributed by atoms with E-state index >= 15 is 0 Å². The molecular formula is C12H15F3O5. The van der Waals surface area contributed by atoms with Crippen molar-refractivity contribution < 1.29 is 37.2 Å². The molecule has 114 valence electrons. The van der Waals surface area contributed by atoms with Crippen LogP contribution in [0.4, 0.5) is 13.2 Å². The third-order valence-electron chi connectivity index (χ3n) is 2.30. The first-order valence-corrected chi connectivity index (χ1v) is 5.60. The van der Waals surface area contributed by atoms with E-state index in [1.807, 2.05) is 0 Å². The maximum Gasteiger partial charge on any atom is 0.522 e. The van der Waals surface area contributed by atoms with Gasteiger partial charge in [-0.05, 0) is 17.7 Å². The zero-order valence-electron chi connectivity index (χ0n) is 11.0. The van der Waals surface area contributed by atoms with Gasteiger partial charge in [0.25, 0.3) is 0 Å². The fourth-order valence-corrected chi connectivity index (χ4v) is 1.47. The molecule has 0 amide bonds. The van der Waals surface area contributed by atoms with Gasteiger partial charge in [-0.25, -0.2) is 0 Å². The molecule has 8 heteroatoms. The highest BCUT2D eigenvalue weighted by Crippen LogP contribution is 2.38. The first-order chi connectivity index (χ1) is 9.41. The number of rotatable bonds is 7. The molecule has 0 aliphatic heterocycles. The average molecular weight is 296 g/mol. The van der Waals surface area contributed by atoms with Gasteiger partial charge < -0.3 is 19.3 Å². The molecule has 5 nitrogen and oxygen atoms in total. The second-order valence-electron chi connectivity index (χ2n) is 3.63. The Morgan fingerprint density at radius 1 is 1.05 bits per heavy atom. The fourth-order valence-electron chi connectivity index (χ4n) is 1.47. The van der Waals surface area contributed by atoms with Crippen LogP contribution in [0.5, 0.6) is 17.2 Å². The van der Waals surface area contributed by atoms with Crippen LogP contribution in [-0.4, -0.2) is 38.9 Å². The van der Waals surface area contributed by atoms with Crippen LogP contribution in [-0.2, 0) is 11.3 Å². The standard InChI is InChI=1S/C12H15F3O5/c1-17-9-5-8(7-16)6-10(18-2)11(9)19-3-4-20-12(13,14)15/h5-6,16H,3-4,7H2,1-2H3. The Morgan fingerprint density at radius 2 is 1.60 bits per heavy atom. The summed E-state index contributed by atoms with van der Waals surface area (Å²) in [6, 6.07) is 3.00. The summed E-state index contributed by atoms with van der Waals surface area (Å²) < 4.78 is 54.3. The van der Waals surface area contributed by atoms with E-state index < -0.39 is 13.0 Å². The van der Waals surface area contributed by atoms with Gasteiger partial charge in [-0.2, -0.15) is 0 Å². The number of benzene rings is 1. The molecule has 1 aromatic carbocycles. The second-order valence-corrected chi connectivity index (χ2v) is 3.63. The van der Waals surface area contributed by atoms with Crippen LogP contribution in [0.1, 0.15) is 5.56 Å². The number of hydrogen-bond donors (Lipinski definition) is 1. The molecule has 0 fully saturated rings. The third kappa shape index (κ3) is 4.78. The molecule has 0 radical (unpaired) electrons. The van der Waals surface area contributed by atoms with Gasteiger partial charge in [-0.15, -0.1) is 13.2 Å². The summed E-state index contributed by atoms with van der Waals surface area (Å²) in [5.41, 5.74) is 0.526. The van der Waals surface area contributed by atoms with Crippen molar-refractivity contribution in [2.75, 3.05) is 27.4 Å². The summed E-state index contributed by atoms with van der Waals surface area (Å²) in [5.74, 6) is 0.652. The van der Waals surface area contributed by atoms with Gasteiger partial charge in [0.05, 0.1) is 27.4 Å². The predicted molar refractivity (Wildman–Crippen MR) is 63.0 cm³/mol. The second kappa shape index (κ2) is 7.20. The van der Waals surface area contributed by atoms with E-state index in [2.05, 4.69) is 4.74 Å².